The van der Waals surface area contributed by atoms with Crippen molar-refractivity contribution in [1.29, 1.82) is 0 Å². The van der Waals surface area contributed by atoms with Crippen LogP contribution in [0.2, 0.25) is 0 Å². The van der Waals surface area contributed by atoms with Gasteiger partial charge in [-0.15, -0.1) is 11.8 Å². The minimum absolute atomic E-state index is 1.37. The van der Waals surface area contributed by atoms with Crippen molar-refractivity contribution >= 4 is 34.4 Å². The number of thioether (sulfide) groups is 1. The Kier molecular flexibility index (Phi) is 3.04. The van der Waals surface area contributed by atoms with Gasteiger partial charge in [0.25, 0.3) is 0 Å². The summed E-state index contributed by atoms with van der Waals surface area (Å²) in [5, 5.41) is 0. The molecule has 0 amide bonds. The molecule has 10 heavy (non-hydrogen) atoms. The van der Waals surface area contributed by atoms with E-state index in [2.05, 4.69) is 54.0 Å². The Bertz CT molecular complexity index is 233. The molecule has 0 aliphatic carbocycles. The third-order valence-corrected chi connectivity index (χ3v) is 3.95. The van der Waals surface area contributed by atoms with Crippen molar-refractivity contribution in [3.8, 4) is 0 Å². The van der Waals surface area contributed by atoms with Crippen LogP contribution in [0, 0.1) is 10.5 Å². The summed E-state index contributed by atoms with van der Waals surface area (Å²) >= 11 is 4.19. The van der Waals surface area contributed by atoms with E-state index >= 15 is 0 Å². The number of benzene rings is 1. The zero-order chi connectivity index (χ0) is 7.56. The van der Waals surface area contributed by atoms with Crippen LogP contribution in [0.15, 0.2) is 23.1 Å². The molecule has 0 aliphatic heterocycles. The monoisotopic (exact) mass is 264 g/mol. The molecule has 0 saturated carbocycles. The molecular weight excluding hydrogens is 255 g/mol. The molecule has 2 heteroatoms. The van der Waals surface area contributed by atoms with Gasteiger partial charge in [0, 0.05) is 8.47 Å². The van der Waals surface area contributed by atoms with Crippen molar-refractivity contribution in [1.82, 2.24) is 0 Å². The van der Waals surface area contributed by atoms with Gasteiger partial charge in [-0.05, 0) is 47.4 Å². The Labute approximate surface area is 79.5 Å². The standard InChI is InChI=1S/C8H9IS/c1-6-4-3-5-7(10-2)8(6)9/h3-5H,1-2H3. The van der Waals surface area contributed by atoms with E-state index in [4.69, 9.17) is 0 Å². The number of hydrogen-bond acceptors (Lipinski definition) is 1. The molecule has 0 unspecified atom stereocenters. The molecule has 1 aromatic rings. The first-order valence-corrected chi connectivity index (χ1v) is 5.35. The molecule has 0 saturated heterocycles. The second kappa shape index (κ2) is 3.62. The topological polar surface area (TPSA) is 0 Å². The fourth-order valence-corrected chi connectivity index (χ4v) is 2.35. The minimum atomic E-state index is 1.37. The molecule has 0 heterocycles. The van der Waals surface area contributed by atoms with Crippen LogP contribution in [-0.2, 0) is 0 Å². The number of rotatable bonds is 1. The Morgan fingerprint density at radius 1 is 1.40 bits per heavy atom. The molecule has 0 bridgehead atoms. The Morgan fingerprint density at radius 3 is 2.60 bits per heavy atom. The van der Waals surface area contributed by atoms with Crippen LogP contribution in [0.5, 0.6) is 0 Å². The van der Waals surface area contributed by atoms with Gasteiger partial charge < -0.3 is 0 Å². The first-order valence-electron chi connectivity index (χ1n) is 3.05. The van der Waals surface area contributed by atoms with Gasteiger partial charge in [0.05, 0.1) is 0 Å². The van der Waals surface area contributed by atoms with Gasteiger partial charge in [-0.3, -0.25) is 0 Å². The van der Waals surface area contributed by atoms with Crippen molar-refractivity contribution in [2.24, 2.45) is 0 Å². The van der Waals surface area contributed by atoms with Crippen molar-refractivity contribution in [3.05, 3.63) is 27.3 Å². The number of aryl methyl sites for hydroxylation is 1. The molecular formula is C8H9IS. The summed E-state index contributed by atoms with van der Waals surface area (Å²) in [4.78, 5) is 1.38. The third-order valence-electron chi connectivity index (χ3n) is 1.38. The maximum atomic E-state index is 2.38. The summed E-state index contributed by atoms with van der Waals surface area (Å²) in [6.07, 6.45) is 2.11. The van der Waals surface area contributed by atoms with Crippen LogP contribution in [-0.4, -0.2) is 6.26 Å². The second-order valence-corrected chi connectivity index (χ2v) is 4.02. The SMILES string of the molecule is CSc1cccc(C)c1I. The van der Waals surface area contributed by atoms with Gasteiger partial charge in [0.2, 0.25) is 0 Å². The Balaban J connectivity index is 3.14. The molecule has 1 rings (SSSR count). The summed E-state index contributed by atoms with van der Waals surface area (Å²) in [7, 11) is 0. The number of hydrogen-bond donors (Lipinski definition) is 0. The molecule has 0 atom stereocenters. The van der Waals surface area contributed by atoms with Gasteiger partial charge in [-0.1, -0.05) is 12.1 Å². The highest BCUT2D eigenvalue weighted by molar-refractivity contribution is 14.1. The van der Waals surface area contributed by atoms with Gasteiger partial charge in [0.1, 0.15) is 0 Å². The molecule has 0 spiro atoms. The van der Waals surface area contributed by atoms with E-state index in [0.29, 0.717) is 0 Å². The molecule has 0 N–H and O–H groups in total. The van der Waals surface area contributed by atoms with E-state index in [-0.39, 0.29) is 0 Å². The van der Waals surface area contributed by atoms with E-state index < -0.39 is 0 Å². The van der Waals surface area contributed by atoms with Crippen LogP contribution in [0.25, 0.3) is 0 Å². The molecule has 1 aromatic carbocycles. The third kappa shape index (κ3) is 1.66. The van der Waals surface area contributed by atoms with Crippen LogP contribution in [0.4, 0.5) is 0 Å². The minimum Gasteiger partial charge on any atom is -0.128 e. The molecule has 0 aromatic heterocycles. The van der Waals surface area contributed by atoms with Gasteiger partial charge >= 0.3 is 0 Å². The van der Waals surface area contributed by atoms with Crippen LogP contribution < -0.4 is 0 Å². The molecule has 0 fully saturated rings. The van der Waals surface area contributed by atoms with Crippen LogP contribution in [0.1, 0.15) is 5.56 Å². The van der Waals surface area contributed by atoms with E-state index in [0.717, 1.165) is 0 Å². The zero-order valence-electron chi connectivity index (χ0n) is 6.02. The van der Waals surface area contributed by atoms with Gasteiger partial charge in [-0.2, -0.15) is 0 Å². The average molecular weight is 264 g/mol. The van der Waals surface area contributed by atoms with Crippen LogP contribution >= 0.6 is 34.4 Å². The normalized spacial score (nSPS) is 9.90. The lowest BCUT2D eigenvalue weighted by atomic mass is 10.2. The largest absolute Gasteiger partial charge is 0.128 e. The summed E-state index contributed by atoms with van der Waals surface area (Å²) < 4.78 is 1.38. The maximum absolute atomic E-state index is 2.38. The average Bonchev–Trinajstić information content (AvgIpc) is 1.95. The predicted octanol–water partition coefficient (Wildman–Crippen LogP) is 3.32. The summed E-state index contributed by atoms with van der Waals surface area (Å²) in [6, 6.07) is 6.39. The predicted molar refractivity (Wildman–Crippen MR) is 55.7 cm³/mol. The smallest absolute Gasteiger partial charge is 0.0295 e. The quantitative estimate of drug-likeness (QED) is 0.554. The fraction of sp³-hybridized carbons (Fsp3) is 0.250. The van der Waals surface area contributed by atoms with Crippen molar-refractivity contribution in [2.45, 2.75) is 11.8 Å². The lowest BCUT2D eigenvalue weighted by Crippen LogP contribution is -1.81. The van der Waals surface area contributed by atoms with E-state index in [1.54, 1.807) is 11.8 Å². The highest BCUT2D eigenvalue weighted by Crippen LogP contribution is 2.24. The summed E-state index contributed by atoms with van der Waals surface area (Å²) in [6.45, 7) is 2.14. The first kappa shape index (κ1) is 8.40. The lowest BCUT2D eigenvalue weighted by Gasteiger charge is -2.01. The van der Waals surface area contributed by atoms with E-state index in [1.807, 2.05) is 0 Å². The summed E-state index contributed by atoms with van der Waals surface area (Å²) in [5.41, 5.74) is 1.37. The molecule has 0 nitrogen and oxygen atoms in total. The van der Waals surface area contributed by atoms with Gasteiger partial charge in [0.15, 0.2) is 0 Å². The Morgan fingerprint density at radius 2 is 2.10 bits per heavy atom. The second-order valence-electron chi connectivity index (χ2n) is 2.09. The van der Waals surface area contributed by atoms with E-state index in [9.17, 15) is 0 Å². The lowest BCUT2D eigenvalue weighted by molar-refractivity contribution is 1.31. The van der Waals surface area contributed by atoms with E-state index in [1.165, 1.54) is 14.0 Å². The Hall–Kier alpha value is 0.300. The zero-order valence-corrected chi connectivity index (χ0v) is 8.99. The van der Waals surface area contributed by atoms with Gasteiger partial charge in [-0.25, -0.2) is 0 Å². The van der Waals surface area contributed by atoms with Crippen molar-refractivity contribution in [3.63, 3.8) is 0 Å². The molecule has 0 aliphatic rings. The summed E-state index contributed by atoms with van der Waals surface area (Å²) in [5.74, 6) is 0. The highest BCUT2D eigenvalue weighted by Gasteiger charge is 1.98. The first-order chi connectivity index (χ1) is 4.75. The number of halogens is 1. The van der Waals surface area contributed by atoms with Crippen molar-refractivity contribution < 1.29 is 0 Å². The fourth-order valence-electron chi connectivity index (χ4n) is 0.778. The maximum Gasteiger partial charge on any atom is 0.0295 e. The molecule has 54 valence electrons. The molecule has 0 radical (unpaired) electrons. The van der Waals surface area contributed by atoms with Crippen molar-refractivity contribution in [2.75, 3.05) is 6.26 Å². The highest BCUT2D eigenvalue weighted by atomic mass is 127. The van der Waals surface area contributed by atoms with Crippen LogP contribution in [0.3, 0.4) is 0 Å².